The predicted octanol–water partition coefficient (Wildman–Crippen LogP) is 4.44. The molecule has 3 rings (SSSR count). The van der Waals surface area contributed by atoms with Gasteiger partial charge in [-0.3, -0.25) is 4.79 Å². The van der Waals surface area contributed by atoms with Crippen molar-refractivity contribution < 1.29 is 4.79 Å². The number of anilines is 1. The minimum Gasteiger partial charge on any atom is -0.368 e. The second kappa shape index (κ2) is 5.99. The van der Waals surface area contributed by atoms with Crippen LogP contribution in [0.25, 0.3) is 0 Å². The van der Waals surface area contributed by atoms with Crippen molar-refractivity contribution in [3.8, 4) is 0 Å². The van der Waals surface area contributed by atoms with Crippen LogP contribution in [0.15, 0.2) is 24.3 Å². The third kappa shape index (κ3) is 2.61. The molecular weight excluding hydrogens is 246 g/mol. The molecule has 1 saturated heterocycles. The molecule has 108 valence electrons. The summed E-state index contributed by atoms with van der Waals surface area (Å²) in [4.78, 5) is 14.3. The molecule has 20 heavy (non-hydrogen) atoms. The van der Waals surface area contributed by atoms with Crippen molar-refractivity contribution in [1.82, 2.24) is 0 Å². The SMILES string of the molecule is CCC(=O)c1ccc(N2CCCC2C2CCCC2)cc1. The summed E-state index contributed by atoms with van der Waals surface area (Å²) in [5.74, 6) is 1.14. The van der Waals surface area contributed by atoms with Crippen molar-refractivity contribution in [2.45, 2.75) is 57.9 Å². The fourth-order valence-corrected chi connectivity index (χ4v) is 3.99. The predicted molar refractivity (Wildman–Crippen MR) is 83.4 cm³/mol. The summed E-state index contributed by atoms with van der Waals surface area (Å²) in [6.07, 6.45) is 8.91. The Labute approximate surface area is 122 Å². The molecule has 1 aliphatic heterocycles. The molecule has 1 aromatic carbocycles. The van der Waals surface area contributed by atoms with E-state index in [-0.39, 0.29) is 5.78 Å². The first-order valence-corrected chi connectivity index (χ1v) is 8.19. The molecule has 0 bridgehead atoms. The standard InChI is InChI=1S/C18H25NO/c1-2-18(20)15-9-11-16(12-10-15)19-13-5-8-17(19)14-6-3-4-7-14/h9-12,14,17H,2-8,13H2,1H3. The van der Waals surface area contributed by atoms with Gasteiger partial charge in [0.15, 0.2) is 5.78 Å². The van der Waals surface area contributed by atoms with Crippen LogP contribution in [0.4, 0.5) is 5.69 Å². The molecule has 2 aliphatic rings. The second-order valence-corrected chi connectivity index (χ2v) is 6.27. The smallest absolute Gasteiger partial charge is 0.162 e. The highest BCUT2D eigenvalue weighted by Crippen LogP contribution is 2.37. The first-order valence-electron chi connectivity index (χ1n) is 8.19. The molecule has 0 spiro atoms. The van der Waals surface area contributed by atoms with Crippen LogP contribution in [0.1, 0.15) is 62.2 Å². The topological polar surface area (TPSA) is 20.3 Å². The molecule has 1 aliphatic carbocycles. The van der Waals surface area contributed by atoms with Crippen molar-refractivity contribution >= 4 is 11.5 Å². The highest BCUT2D eigenvalue weighted by Gasteiger charge is 2.33. The summed E-state index contributed by atoms with van der Waals surface area (Å²) in [6, 6.07) is 9.05. The van der Waals surface area contributed by atoms with Gasteiger partial charge in [-0.25, -0.2) is 0 Å². The lowest BCUT2D eigenvalue weighted by Gasteiger charge is -2.31. The van der Waals surface area contributed by atoms with Crippen LogP contribution in [-0.2, 0) is 0 Å². The van der Waals surface area contributed by atoms with Crippen LogP contribution in [0.3, 0.4) is 0 Å². The van der Waals surface area contributed by atoms with Crippen LogP contribution in [0, 0.1) is 5.92 Å². The quantitative estimate of drug-likeness (QED) is 0.755. The zero-order valence-corrected chi connectivity index (χ0v) is 12.5. The number of benzene rings is 1. The van der Waals surface area contributed by atoms with Crippen LogP contribution >= 0.6 is 0 Å². The fourth-order valence-electron chi connectivity index (χ4n) is 3.99. The Kier molecular flexibility index (Phi) is 4.09. The molecule has 0 radical (unpaired) electrons. The molecule has 0 amide bonds. The highest BCUT2D eigenvalue weighted by molar-refractivity contribution is 5.96. The molecule has 1 aromatic rings. The number of rotatable bonds is 4. The lowest BCUT2D eigenvalue weighted by Crippen LogP contribution is -2.34. The van der Waals surface area contributed by atoms with E-state index in [0.29, 0.717) is 6.42 Å². The molecule has 2 heteroatoms. The minimum atomic E-state index is 0.241. The van der Waals surface area contributed by atoms with Gasteiger partial charge < -0.3 is 4.90 Å². The van der Waals surface area contributed by atoms with Crippen LogP contribution in [0.2, 0.25) is 0 Å². The minimum absolute atomic E-state index is 0.241. The second-order valence-electron chi connectivity index (χ2n) is 6.27. The van der Waals surface area contributed by atoms with Gasteiger partial charge in [0.2, 0.25) is 0 Å². The van der Waals surface area contributed by atoms with E-state index in [0.717, 1.165) is 17.5 Å². The maximum absolute atomic E-state index is 11.7. The van der Waals surface area contributed by atoms with Gasteiger partial charge in [0.1, 0.15) is 0 Å². The van der Waals surface area contributed by atoms with Gasteiger partial charge >= 0.3 is 0 Å². The molecule has 2 fully saturated rings. The third-order valence-corrected chi connectivity index (χ3v) is 5.09. The van der Waals surface area contributed by atoms with Crippen molar-refractivity contribution in [2.24, 2.45) is 5.92 Å². The maximum atomic E-state index is 11.7. The lowest BCUT2D eigenvalue weighted by molar-refractivity contribution is 0.0988. The monoisotopic (exact) mass is 271 g/mol. The van der Waals surface area contributed by atoms with Crippen molar-refractivity contribution in [3.05, 3.63) is 29.8 Å². The molecule has 0 N–H and O–H groups in total. The Hall–Kier alpha value is -1.31. The molecule has 1 unspecified atom stereocenters. The number of Topliss-reactive ketones (excluding diaryl/α,β-unsaturated/α-hetero) is 1. The number of carbonyl (C=O) groups is 1. The third-order valence-electron chi connectivity index (χ3n) is 5.09. The molecule has 1 heterocycles. The van der Waals surface area contributed by atoms with E-state index in [9.17, 15) is 4.79 Å². The molecule has 1 saturated carbocycles. The van der Waals surface area contributed by atoms with Gasteiger partial charge in [-0.1, -0.05) is 19.8 Å². The van der Waals surface area contributed by atoms with Crippen molar-refractivity contribution in [3.63, 3.8) is 0 Å². The molecule has 1 atom stereocenters. The zero-order valence-electron chi connectivity index (χ0n) is 12.5. The van der Waals surface area contributed by atoms with E-state index < -0.39 is 0 Å². The summed E-state index contributed by atoms with van der Waals surface area (Å²) in [5.41, 5.74) is 2.17. The van der Waals surface area contributed by atoms with E-state index in [1.165, 1.54) is 50.8 Å². The summed E-state index contributed by atoms with van der Waals surface area (Å²) in [6.45, 7) is 3.11. The van der Waals surface area contributed by atoms with Crippen molar-refractivity contribution in [1.29, 1.82) is 0 Å². The van der Waals surface area contributed by atoms with E-state index in [2.05, 4.69) is 17.0 Å². The average Bonchev–Trinajstić information content (AvgIpc) is 3.16. The number of hydrogen-bond acceptors (Lipinski definition) is 2. The number of carbonyl (C=O) groups excluding carboxylic acids is 1. The number of nitrogens with zero attached hydrogens (tertiary/aromatic N) is 1. The number of hydrogen-bond donors (Lipinski definition) is 0. The van der Waals surface area contributed by atoms with Crippen LogP contribution in [0.5, 0.6) is 0 Å². The summed E-state index contributed by atoms with van der Waals surface area (Å²) >= 11 is 0. The maximum Gasteiger partial charge on any atom is 0.162 e. The van der Waals surface area contributed by atoms with Gasteiger partial charge in [-0.2, -0.15) is 0 Å². The van der Waals surface area contributed by atoms with E-state index in [4.69, 9.17) is 0 Å². The first kappa shape index (κ1) is 13.7. The highest BCUT2D eigenvalue weighted by atomic mass is 16.1. The molecule has 2 nitrogen and oxygen atoms in total. The fraction of sp³-hybridized carbons (Fsp3) is 0.611. The van der Waals surface area contributed by atoms with Gasteiger partial charge in [-0.05, 0) is 55.9 Å². The molecular formula is C18H25NO. The van der Waals surface area contributed by atoms with E-state index in [1.807, 2.05) is 19.1 Å². The first-order chi connectivity index (χ1) is 9.79. The summed E-state index contributed by atoms with van der Waals surface area (Å²) < 4.78 is 0. The Morgan fingerprint density at radius 2 is 1.80 bits per heavy atom. The van der Waals surface area contributed by atoms with Gasteiger partial charge in [-0.15, -0.1) is 0 Å². The summed E-state index contributed by atoms with van der Waals surface area (Å²) in [7, 11) is 0. The Balaban J connectivity index is 1.75. The van der Waals surface area contributed by atoms with Gasteiger partial charge in [0.25, 0.3) is 0 Å². The van der Waals surface area contributed by atoms with Crippen molar-refractivity contribution in [2.75, 3.05) is 11.4 Å². The average molecular weight is 271 g/mol. The van der Waals surface area contributed by atoms with E-state index >= 15 is 0 Å². The lowest BCUT2D eigenvalue weighted by atomic mass is 9.95. The van der Waals surface area contributed by atoms with E-state index in [1.54, 1.807) is 0 Å². The normalized spacial score (nSPS) is 23.4. The van der Waals surface area contributed by atoms with Gasteiger partial charge in [0.05, 0.1) is 0 Å². The van der Waals surface area contributed by atoms with Crippen LogP contribution < -0.4 is 4.90 Å². The Morgan fingerprint density at radius 3 is 2.45 bits per heavy atom. The zero-order chi connectivity index (χ0) is 13.9. The van der Waals surface area contributed by atoms with Crippen LogP contribution in [-0.4, -0.2) is 18.4 Å². The Morgan fingerprint density at radius 1 is 1.10 bits per heavy atom. The largest absolute Gasteiger partial charge is 0.368 e. The summed E-state index contributed by atoms with van der Waals surface area (Å²) in [5, 5.41) is 0. The van der Waals surface area contributed by atoms with Gasteiger partial charge in [0, 0.05) is 30.3 Å². The molecule has 0 aromatic heterocycles. The number of ketones is 1. The Bertz CT molecular complexity index is 459.